The van der Waals surface area contributed by atoms with Gasteiger partial charge in [0.2, 0.25) is 0 Å². The van der Waals surface area contributed by atoms with E-state index in [1.54, 1.807) is 0 Å². The summed E-state index contributed by atoms with van der Waals surface area (Å²) in [4.78, 5) is 0. The second-order valence-corrected chi connectivity index (χ2v) is 3.70. The van der Waals surface area contributed by atoms with Crippen LogP contribution in [0.25, 0.3) is 0 Å². The quantitative estimate of drug-likeness (QED) is 0.666. The topological polar surface area (TPSA) is 21.3 Å². The van der Waals surface area contributed by atoms with E-state index < -0.39 is 0 Å². The molecule has 0 radical (unpaired) electrons. The highest BCUT2D eigenvalue weighted by Crippen LogP contribution is 2.04. The third-order valence-electron chi connectivity index (χ3n) is 2.08. The van der Waals surface area contributed by atoms with Crippen LogP contribution >= 0.6 is 0 Å². The zero-order chi connectivity index (χ0) is 8.10. The molecule has 2 heteroatoms. The highest BCUT2D eigenvalue weighted by molar-refractivity contribution is 4.70. The minimum absolute atomic E-state index is 0.633. The van der Waals surface area contributed by atoms with Crippen LogP contribution < -0.4 is 5.32 Å². The van der Waals surface area contributed by atoms with E-state index in [1.807, 2.05) is 0 Å². The lowest BCUT2D eigenvalue weighted by molar-refractivity contribution is 0.189. The average Bonchev–Trinajstić information content (AvgIpc) is 2.39. The van der Waals surface area contributed by atoms with Crippen LogP contribution in [0.15, 0.2) is 0 Å². The molecular formula is C9H19NO. The summed E-state index contributed by atoms with van der Waals surface area (Å²) in [6.07, 6.45) is 2.47. The van der Waals surface area contributed by atoms with Crippen LogP contribution in [0.1, 0.15) is 26.7 Å². The first-order chi connectivity index (χ1) is 5.29. The summed E-state index contributed by atoms with van der Waals surface area (Å²) in [5.74, 6) is 0.810. The monoisotopic (exact) mass is 157 g/mol. The zero-order valence-corrected chi connectivity index (χ0v) is 7.60. The van der Waals surface area contributed by atoms with Crippen molar-refractivity contribution in [3.63, 3.8) is 0 Å². The van der Waals surface area contributed by atoms with Gasteiger partial charge in [-0.15, -0.1) is 0 Å². The van der Waals surface area contributed by atoms with Crippen molar-refractivity contribution in [2.24, 2.45) is 5.92 Å². The Balaban J connectivity index is 1.94. The molecule has 0 aliphatic carbocycles. The first-order valence-electron chi connectivity index (χ1n) is 4.60. The molecule has 0 aromatic carbocycles. The van der Waals surface area contributed by atoms with Crippen molar-refractivity contribution in [1.29, 1.82) is 0 Å². The molecule has 0 aromatic rings. The first kappa shape index (κ1) is 9.01. The van der Waals surface area contributed by atoms with Crippen LogP contribution in [0.5, 0.6) is 0 Å². The molecule has 66 valence electrons. The molecule has 1 rings (SSSR count). The highest BCUT2D eigenvalue weighted by Gasteiger charge is 2.13. The summed E-state index contributed by atoms with van der Waals surface area (Å²) in [5.41, 5.74) is 0. The summed E-state index contributed by atoms with van der Waals surface area (Å²) >= 11 is 0. The van der Waals surface area contributed by atoms with Gasteiger partial charge in [0.05, 0.1) is 6.61 Å². The Kier molecular flexibility index (Phi) is 3.87. The van der Waals surface area contributed by atoms with Crippen molar-refractivity contribution in [1.82, 2.24) is 5.32 Å². The Morgan fingerprint density at radius 1 is 1.55 bits per heavy atom. The van der Waals surface area contributed by atoms with Gasteiger partial charge in [0, 0.05) is 12.6 Å². The summed E-state index contributed by atoms with van der Waals surface area (Å²) in [7, 11) is 0. The van der Waals surface area contributed by atoms with Crippen LogP contribution in [-0.2, 0) is 4.74 Å². The maximum Gasteiger partial charge on any atom is 0.0620 e. The van der Waals surface area contributed by atoms with Gasteiger partial charge in [-0.1, -0.05) is 13.8 Å². The summed E-state index contributed by atoms with van der Waals surface area (Å²) in [5, 5.41) is 3.49. The highest BCUT2D eigenvalue weighted by atomic mass is 16.5. The second kappa shape index (κ2) is 4.73. The molecule has 2 nitrogen and oxygen atoms in total. The van der Waals surface area contributed by atoms with Crippen molar-refractivity contribution in [3.05, 3.63) is 0 Å². The van der Waals surface area contributed by atoms with Crippen LogP contribution in [-0.4, -0.2) is 25.8 Å². The van der Waals surface area contributed by atoms with Crippen LogP contribution in [0.2, 0.25) is 0 Å². The van der Waals surface area contributed by atoms with E-state index in [-0.39, 0.29) is 0 Å². The summed E-state index contributed by atoms with van der Waals surface area (Å²) in [6.45, 7) is 7.52. The maximum absolute atomic E-state index is 5.25. The fraction of sp³-hybridized carbons (Fsp3) is 1.00. The third kappa shape index (κ3) is 3.73. The van der Waals surface area contributed by atoms with E-state index in [1.165, 1.54) is 12.8 Å². The molecule has 0 spiro atoms. The standard InChI is InChI=1S/C9H19NO/c1-8(2)3-5-10-9-4-6-11-7-9/h8-10H,3-7H2,1-2H3. The van der Waals surface area contributed by atoms with E-state index >= 15 is 0 Å². The molecule has 1 unspecified atom stereocenters. The van der Waals surface area contributed by atoms with E-state index in [2.05, 4.69) is 19.2 Å². The number of nitrogens with one attached hydrogen (secondary N) is 1. The lowest BCUT2D eigenvalue weighted by Crippen LogP contribution is -2.30. The Morgan fingerprint density at radius 2 is 2.36 bits per heavy atom. The van der Waals surface area contributed by atoms with E-state index in [0.717, 1.165) is 25.7 Å². The van der Waals surface area contributed by atoms with E-state index in [9.17, 15) is 0 Å². The smallest absolute Gasteiger partial charge is 0.0620 e. The normalized spacial score (nSPS) is 24.8. The Morgan fingerprint density at radius 3 is 2.91 bits per heavy atom. The van der Waals surface area contributed by atoms with Crippen molar-refractivity contribution in [2.75, 3.05) is 19.8 Å². The van der Waals surface area contributed by atoms with Gasteiger partial charge in [0.25, 0.3) is 0 Å². The van der Waals surface area contributed by atoms with Gasteiger partial charge in [-0.25, -0.2) is 0 Å². The Bertz CT molecular complexity index is 97.7. The fourth-order valence-electron chi connectivity index (χ4n) is 1.27. The number of hydrogen-bond acceptors (Lipinski definition) is 2. The number of hydrogen-bond donors (Lipinski definition) is 1. The predicted molar refractivity (Wildman–Crippen MR) is 46.7 cm³/mol. The molecule has 1 aliphatic rings. The lowest BCUT2D eigenvalue weighted by atomic mass is 10.1. The first-order valence-corrected chi connectivity index (χ1v) is 4.60. The SMILES string of the molecule is CC(C)CCNC1CCOC1. The number of ether oxygens (including phenoxy) is 1. The summed E-state index contributed by atoms with van der Waals surface area (Å²) in [6, 6.07) is 0.633. The van der Waals surface area contributed by atoms with Gasteiger partial charge >= 0.3 is 0 Å². The maximum atomic E-state index is 5.25. The van der Waals surface area contributed by atoms with Crippen molar-refractivity contribution in [3.8, 4) is 0 Å². The van der Waals surface area contributed by atoms with Gasteiger partial charge in [-0.05, 0) is 25.3 Å². The molecule has 1 aliphatic heterocycles. The van der Waals surface area contributed by atoms with Crippen molar-refractivity contribution < 1.29 is 4.74 Å². The van der Waals surface area contributed by atoms with Crippen molar-refractivity contribution in [2.45, 2.75) is 32.7 Å². The zero-order valence-electron chi connectivity index (χ0n) is 7.60. The second-order valence-electron chi connectivity index (χ2n) is 3.70. The lowest BCUT2D eigenvalue weighted by Gasteiger charge is -2.11. The molecule has 1 saturated heterocycles. The number of rotatable bonds is 4. The minimum Gasteiger partial charge on any atom is -0.380 e. The Hall–Kier alpha value is -0.0800. The van der Waals surface area contributed by atoms with Gasteiger partial charge < -0.3 is 10.1 Å². The molecule has 0 bridgehead atoms. The van der Waals surface area contributed by atoms with Gasteiger partial charge in [-0.3, -0.25) is 0 Å². The Labute approximate surface area is 69.3 Å². The largest absolute Gasteiger partial charge is 0.380 e. The van der Waals surface area contributed by atoms with Crippen LogP contribution in [0.3, 0.4) is 0 Å². The molecule has 1 fully saturated rings. The van der Waals surface area contributed by atoms with Gasteiger partial charge in [-0.2, -0.15) is 0 Å². The van der Waals surface area contributed by atoms with Crippen LogP contribution in [0.4, 0.5) is 0 Å². The molecule has 0 amide bonds. The average molecular weight is 157 g/mol. The molecular weight excluding hydrogens is 138 g/mol. The van der Waals surface area contributed by atoms with Gasteiger partial charge in [0.1, 0.15) is 0 Å². The van der Waals surface area contributed by atoms with Crippen LogP contribution in [0, 0.1) is 5.92 Å². The molecule has 0 aromatic heterocycles. The predicted octanol–water partition coefficient (Wildman–Crippen LogP) is 1.41. The molecule has 1 atom stereocenters. The third-order valence-corrected chi connectivity index (χ3v) is 2.08. The molecule has 0 saturated carbocycles. The molecule has 1 N–H and O–H groups in total. The molecule has 11 heavy (non-hydrogen) atoms. The minimum atomic E-state index is 0.633. The summed E-state index contributed by atoms with van der Waals surface area (Å²) < 4.78 is 5.25. The van der Waals surface area contributed by atoms with Crippen molar-refractivity contribution >= 4 is 0 Å². The molecule has 1 heterocycles. The van der Waals surface area contributed by atoms with E-state index in [4.69, 9.17) is 4.74 Å². The van der Waals surface area contributed by atoms with E-state index in [0.29, 0.717) is 6.04 Å². The fourth-order valence-corrected chi connectivity index (χ4v) is 1.27. The van der Waals surface area contributed by atoms with Gasteiger partial charge in [0.15, 0.2) is 0 Å².